The minimum Gasteiger partial charge on any atom is -0.755 e. The van der Waals surface area contributed by atoms with E-state index < -0.39 is 11.3 Å². The van der Waals surface area contributed by atoms with E-state index in [0.717, 1.165) is 11.3 Å². The summed E-state index contributed by atoms with van der Waals surface area (Å²) in [6.45, 7) is 8.10. The number of ether oxygens (including phenoxy) is 1. The molecule has 1 aliphatic rings. The zero-order valence-electron chi connectivity index (χ0n) is 10.9. The molecular formula is C12H17N2O3S-. The van der Waals surface area contributed by atoms with Crippen molar-refractivity contribution in [1.29, 1.82) is 0 Å². The quantitative estimate of drug-likeness (QED) is 0.808. The first-order valence-electron chi connectivity index (χ1n) is 5.75. The lowest BCUT2D eigenvalue weighted by molar-refractivity contribution is 0.276. The molecule has 0 saturated carbocycles. The maximum atomic E-state index is 10.8. The second-order valence-corrected chi connectivity index (χ2v) is 6.07. The topological polar surface area (TPSA) is 73.4 Å². The molecule has 2 N–H and O–H groups in total. The SMILES string of the molecule is CC1Nc2cc(C(C)(C)C)cc(NS(=O)[O-])c2O1. The zero-order valence-corrected chi connectivity index (χ0v) is 11.7. The van der Waals surface area contributed by atoms with Crippen molar-refractivity contribution in [3.63, 3.8) is 0 Å². The number of anilines is 2. The van der Waals surface area contributed by atoms with Crippen LogP contribution in [-0.2, 0) is 16.7 Å². The van der Waals surface area contributed by atoms with E-state index in [1.165, 1.54) is 0 Å². The van der Waals surface area contributed by atoms with E-state index >= 15 is 0 Å². The largest absolute Gasteiger partial charge is 0.755 e. The highest BCUT2D eigenvalue weighted by atomic mass is 32.2. The summed E-state index contributed by atoms with van der Waals surface area (Å²) >= 11 is -2.36. The predicted octanol–water partition coefficient (Wildman–Crippen LogP) is 2.34. The molecule has 0 radical (unpaired) electrons. The Hall–Kier alpha value is -1.27. The fourth-order valence-corrected chi connectivity index (χ4v) is 2.22. The summed E-state index contributed by atoms with van der Waals surface area (Å²) in [5.74, 6) is 0.555. The molecule has 2 unspecified atom stereocenters. The average Bonchev–Trinajstić information content (AvgIpc) is 2.56. The first-order chi connectivity index (χ1) is 8.27. The average molecular weight is 269 g/mol. The van der Waals surface area contributed by atoms with Crippen LogP contribution in [0.4, 0.5) is 11.4 Å². The van der Waals surface area contributed by atoms with Gasteiger partial charge in [0.25, 0.3) is 0 Å². The second-order valence-electron chi connectivity index (χ2n) is 5.39. The van der Waals surface area contributed by atoms with E-state index in [-0.39, 0.29) is 11.6 Å². The molecule has 1 heterocycles. The molecule has 1 aromatic carbocycles. The van der Waals surface area contributed by atoms with Crippen molar-refractivity contribution >= 4 is 22.6 Å². The normalized spacial score (nSPS) is 19.7. The van der Waals surface area contributed by atoms with Crippen molar-refractivity contribution in [3.05, 3.63) is 17.7 Å². The molecule has 6 heteroatoms. The Balaban J connectivity index is 2.50. The summed E-state index contributed by atoms with van der Waals surface area (Å²) in [7, 11) is 0. The highest BCUT2D eigenvalue weighted by molar-refractivity contribution is 7.80. The molecule has 1 aromatic rings. The Kier molecular flexibility index (Phi) is 3.25. The molecular weight excluding hydrogens is 252 g/mol. The smallest absolute Gasteiger partial charge is 0.169 e. The third-order valence-corrected chi connectivity index (χ3v) is 3.19. The molecule has 18 heavy (non-hydrogen) atoms. The summed E-state index contributed by atoms with van der Waals surface area (Å²) in [4.78, 5) is 0. The van der Waals surface area contributed by atoms with E-state index in [4.69, 9.17) is 4.74 Å². The van der Waals surface area contributed by atoms with Gasteiger partial charge in [-0.3, -0.25) is 4.21 Å². The number of hydrogen-bond acceptors (Lipinski definition) is 4. The fraction of sp³-hybridized carbons (Fsp3) is 0.500. The van der Waals surface area contributed by atoms with Gasteiger partial charge in [-0.25, -0.2) is 0 Å². The van der Waals surface area contributed by atoms with Gasteiger partial charge in [-0.1, -0.05) is 20.8 Å². The van der Waals surface area contributed by atoms with Gasteiger partial charge in [-0.15, -0.1) is 0 Å². The highest BCUT2D eigenvalue weighted by Gasteiger charge is 2.25. The zero-order chi connectivity index (χ0) is 13.5. The summed E-state index contributed by atoms with van der Waals surface area (Å²) in [6, 6.07) is 3.81. The van der Waals surface area contributed by atoms with E-state index in [1.807, 2.05) is 19.1 Å². The van der Waals surface area contributed by atoms with E-state index in [1.54, 1.807) is 0 Å². The van der Waals surface area contributed by atoms with Gasteiger partial charge >= 0.3 is 0 Å². The number of hydrogen-bond donors (Lipinski definition) is 2. The first kappa shape index (κ1) is 13.2. The lowest BCUT2D eigenvalue weighted by Crippen LogP contribution is -2.14. The van der Waals surface area contributed by atoms with Crippen molar-refractivity contribution in [2.45, 2.75) is 39.3 Å². The van der Waals surface area contributed by atoms with Crippen LogP contribution in [0.3, 0.4) is 0 Å². The molecule has 1 aliphatic heterocycles. The van der Waals surface area contributed by atoms with Crippen LogP contribution in [0.25, 0.3) is 0 Å². The Bertz CT molecular complexity index is 497. The van der Waals surface area contributed by atoms with Gasteiger partial charge in [-0.05, 0) is 30.0 Å². The maximum Gasteiger partial charge on any atom is 0.169 e. The van der Waals surface area contributed by atoms with E-state index in [2.05, 4.69) is 30.8 Å². The van der Waals surface area contributed by atoms with Gasteiger partial charge in [-0.2, -0.15) is 0 Å². The van der Waals surface area contributed by atoms with Crippen LogP contribution in [0.1, 0.15) is 33.3 Å². The number of benzene rings is 1. The third kappa shape index (κ3) is 2.59. The van der Waals surface area contributed by atoms with E-state index in [9.17, 15) is 8.76 Å². The van der Waals surface area contributed by atoms with Crippen LogP contribution in [0.15, 0.2) is 12.1 Å². The minimum atomic E-state index is -2.36. The van der Waals surface area contributed by atoms with Crippen molar-refractivity contribution in [3.8, 4) is 5.75 Å². The fourth-order valence-electron chi connectivity index (χ4n) is 1.89. The lowest BCUT2D eigenvalue weighted by atomic mass is 9.86. The molecule has 0 bridgehead atoms. The van der Waals surface area contributed by atoms with Crippen LogP contribution in [-0.4, -0.2) is 15.0 Å². The molecule has 2 rings (SSSR count). The summed E-state index contributed by atoms with van der Waals surface area (Å²) < 4.78 is 29.6. The Labute approximate surface area is 109 Å². The molecule has 0 saturated heterocycles. The summed E-state index contributed by atoms with van der Waals surface area (Å²) in [6.07, 6.45) is -0.157. The van der Waals surface area contributed by atoms with Crippen LogP contribution < -0.4 is 14.8 Å². The van der Waals surface area contributed by atoms with Gasteiger partial charge in [0.05, 0.1) is 11.4 Å². The monoisotopic (exact) mass is 269 g/mol. The molecule has 0 spiro atoms. The van der Waals surface area contributed by atoms with Gasteiger partial charge in [0.15, 0.2) is 12.0 Å². The first-order valence-corrected chi connectivity index (χ1v) is 6.82. The molecule has 0 aliphatic carbocycles. The minimum absolute atomic E-state index is 0.0661. The van der Waals surface area contributed by atoms with Gasteiger partial charge in [0, 0.05) is 11.3 Å². The standard InChI is InChI=1S/C12H18N2O3S/c1-7-13-9-5-8(12(2,3)4)6-10(11(9)17-7)14-18(15)16/h5-7,13-14H,1-4H3,(H,15,16)/p-1. The lowest BCUT2D eigenvalue weighted by Gasteiger charge is -2.22. The second kappa shape index (κ2) is 4.44. The van der Waals surface area contributed by atoms with Crippen molar-refractivity contribution in [1.82, 2.24) is 0 Å². The predicted molar refractivity (Wildman–Crippen MR) is 71.4 cm³/mol. The molecule has 0 amide bonds. The number of rotatable bonds is 2. The van der Waals surface area contributed by atoms with Crippen LogP contribution in [0.5, 0.6) is 5.75 Å². The third-order valence-electron chi connectivity index (χ3n) is 2.80. The number of nitrogens with one attached hydrogen (secondary N) is 2. The van der Waals surface area contributed by atoms with Crippen LogP contribution in [0.2, 0.25) is 0 Å². The van der Waals surface area contributed by atoms with Crippen molar-refractivity contribution < 1.29 is 13.5 Å². The molecule has 100 valence electrons. The molecule has 5 nitrogen and oxygen atoms in total. The molecule has 0 fully saturated rings. The highest BCUT2D eigenvalue weighted by Crippen LogP contribution is 2.42. The number of fused-ring (bicyclic) bond motifs is 1. The van der Waals surface area contributed by atoms with E-state index in [0.29, 0.717) is 11.4 Å². The van der Waals surface area contributed by atoms with Crippen molar-refractivity contribution in [2.75, 3.05) is 10.0 Å². The van der Waals surface area contributed by atoms with Gasteiger partial charge in [0.2, 0.25) is 0 Å². The summed E-state index contributed by atoms with van der Waals surface area (Å²) in [5.41, 5.74) is 2.27. The maximum absolute atomic E-state index is 10.8. The van der Waals surface area contributed by atoms with Crippen molar-refractivity contribution in [2.24, 2.45) is 0 Å². The van der Waals surface area contributed by atoms with Crippen LogP contribution >= 0.6 is 0 Å². The molecule has 2 atom stereocenters. The van der Waals surface area contributed by atoms with Crippen LogP contribution in [0, 0.1) is 0 Å². The van der Waals surface area contributed by atoms with Gasteiger partial charge < -0.3 is 19.3 Å². The van der Waals surface area contributed by atoms with Gasteiger partial charge in [0.1, 0.15) is 0 Å². The Morgan fingerprint density at radius 3 is 2.67 bits per heavy atom. The molecule has 0 aromatic heterocycles. The summed E-state index contributed by atoms with van der Waals surface area (Å²) in [5, 5.41) is 3.16. The Morgan fingerprint density at radius 1 is 1.44 bits per heavy atom. The Morgan fingerprint density at radius 2 is 2.11 bits per heavy atom.